The molecular formula is C25H25N3O3. The second-order valence-electron chi connectivity index (χ2n) is 7.82. The zero-order valence-corrected chi connectivity index (χ0v) is 17.5. The van der Waals surface area contributed by atoms with Crippen molar-refractivity contribution in [1.82, 2.24) is 4.90 Å². The van der Waals surface area contributed by atoms with E-state index in [1.54, 1.807) is 7.11 Å². The van der Waals surface area contributed by atoms with Crippen LogP contribution in [0.3, 0.4) is 0 Å². The Kier molecular flexibility index (Phi) is 5.22. The third-order valence-electron chi connectivity index (χ3n) is 5.84. The van der Waals surface area contributed by atoms with Gasteiger partial charge in [-0.25, -0.2) is 0 Å². The summed E-state index contributed by atoms with van der Waals surface area (Å²) >= 11 is 0. The number of fused-ring (bicyclic) bond motifs is 3. The Morgan fingerprint density at radius 2 is 1.68 bits per heavy atom. The number of benzene rings is 3. The van der Waals surface area contributed by atoms with E-state index in [2.05, 4.69) is 27.2 Å². The first-order valence-electron chi connectivity index (χ1n) is 10.5. The van der Waals surface area contributed by atoms with Crippen molar-refractivity contribution in [2.45, 2.75) is 0 Å². The van der Waals surface area contributed by atoms with E-state index in [4.69, 9.17) is 9.15 Å². The number of ether oxygens (including phenoxy) is 1. The molecule has 0 unspecified atom stereocenters. The normalized spacial score (nSPS) is 14.8. The molecule has 2 heterocycles. The van der Waals surface area contributed by atoms with Crippen LogP contribution >= 0.6 is 0 Å². The van der Waals surface area contributed by atoms with Crippen LogP contribution < -0.4 is 15.0 Å². The molecule has 1 aromatic heterocycles. The SMILES string of the molecule is COc1ccc(N2CCN(CC(=O)Nc3ccc4oc5ccccc5c4c3)CC2)cc1. The quantitative estimate of drug-likeness (QED) is 0.525. The van der Waals surface area contributed by atoms with E-state index in [0.29, 0.717) is 6.54 Å². The fourth-order valence-electron chi connectivity index (χ4n) is 4.16. The van der Waals surface area contributed by atoms with Gasteiger partial charge in [-0.2, -0.15) is 0 Å². The Balaban J connectivity index is 1.19. The van der Waals surface area contributed by atoms with Gasteiger partial charge in [0, 0.05) is 48.3 Å². The third kappa shape index (κ3) is 4.07. The standard InChI is InChI=1S/C25H25N3O3/c1-30-20-9-7-19(8-10-20)28-14-12-27(13-15-28)17-25(29)26-18-6-11-24-22(16-18)21-4-2-3-5-23(21)31-24/h2-11,16H,12-15,17H2,1H3,(H,26,29). The van der Waals surface area contributed by atoms with Gasteiger partial charge in [0.25, 0.3) is 0 Å². The molecule has 158 valence electrons. The Labute approximate surface area is 181 Å². The van der Waals surface area contributed by atoms with Gasteiger partial charge in [0.2, 0.25) is 5.91 Å². The van der Waals surface area contributed by atoms with Gasteiger partial charge in [-0.1, -0.05) is 18.2 Å². The number of carbonyl (C=O) groups is 1. The van der Waals surface area contributed by atoms with Crippen LogP contribution in [0.5, 0.6) is 5.75 Å². The van der Waals surface area contributed by atoms with Crippen molar-refractivity contribution in [3.63, 3.8) is 0 Å². The highest BCUT2D eigenvalue weighted by Gasteiger charge is 2.19. The number of anilines is 2. The zero-order chi connectivity index (χ0) is 21.2. The molecule has 1 aliphatic heterocycles. The Bertz CT molecular complexity index is 1210. The fourth-order valence-corrected chi connectivity index (χ4v) is 4.16. The Morgan fingerprint density at radius 3 is 2.45 bits per heavy atom. The molecule has 31 heavy (non-hydrogen) atoms. The molecule has 1 fully saturated rings. The predicted octanol–water partition coefficient (Wildman–Crippen LogP) is 4.36. The molecule has 0 atom stereocenters. The number of carbonyl (C=O) groups excluding carboxylic acids is 1. The maximum absolute atomic E-state index is 12.6. The summed E-state index contributed by atoms with van der Waals surface area (Å²) in [5.74, 6) is 0.866. The number of hydrogen-bond acceptors (Lipinski definition) is 5. The van der Waals surface area contributed by atoms with Crippen LogP contribution in [0, 0.1) is 0 Å². The average Bonchev–Trinajstić information content (AvgIpc) is 3.18. The number of amides is 1. The van der Waals surface area contributed by atoms with Crippen LogP contribution in [0.1, 0.15) is 0 Å². The van der Waals surface area contributed by atoms with E-state index in [1.165, 1.54) is 5.69 Å². The highest BCUT2D eigenvalue weighted by atomic mass is 16.5. The van der Waals surface area contributed by atoms with E-state index < -0.39 is 0 Å². The number of hydrogen-bond donors (Lipinski definition) is 1. The Hall–Kier alpha value is -3.51. The van der Waals surface area contributed by atoms with Gasteiger partial charge in [-0.05, 0) is 48.5 Å². The predicted molar refractivity (Wildman–Crippen MR) is 124 cm³/mol. The molecule has 4 aromatic rings. The number of nitrogens with zero attached hydrogens (tertiary/aromatic N) is 2. The maximum atomic E-state index is 12.6. The first-order valence-corrected chi connectivity index (χ1v) is 10.5. The van der Waals surface area contributed by atoms with Crippen molar-refractivity contribution in [2.75, 3.05) is 50.1 Å². The average molecular weight is 415 g/mol. The molecule has 5 rings (SSSR count). The lowest BCUT2D eigenvalue weighted by Crippen LogP contribution is -2.48. The molecule has 6 nitrogen and oxygen atoms in total. The molecular weight excluding hydrogens is 390 g/mol. The van der Waals surface area contributed by atoms with Crippen LogP contribution in [0.15, 0.2) is 71.1 Å². The Morgan fingerprint density at radius 1 is 0.935 bits per heavy atom. The van der Waals surface area contributed by atoms with Crippen molar-refractivity contribution in [3.05, 3.63) is 66.7 Å². The number of methoxy groups -OCH3 is 1. The minimum absolute atomic E-state index is 0.00467. The number of nitrogens with one attached hydrogen (secondary N) is 1. The first kappa shape index (κ1) is 19.5. The first-order chi connectivity index (χ1) is 15.2. The van der Waals surface area contributed by atoms with Gasteiger partial charge in [0.05, 0.1) is 13.7 Å². The smallest absolute Gasteiger partial charge is 0.238 e. The molecule has 0 bridgehead atoms. The minimum Gasteiger partial charge on any atom is -0.497 e. The van der Waals surface area contributed by atoms with E-state index in [9.17, 15) is 4.79 Å². The summed E-state index contributed by atoms with van der Waals surface area (Å²) in [5.41, 5.74) is 3.66. The molecule has 1 amide bonds. The van der Waals surface area contributed by atoms with Gasteiger partial charge >= 0.3 is 0 Å². The van der Waals surface area contributed by atoms with Crippen LogP contribution in [-0.2, 0) is 4.79 Å². The summed E-state index contributed by atoms with van der Waals surface area (Å²) in [7, 11) is 1.67. The molecule has 0 spiro atoms. The maximum Gasteiger partial charge on any atom is 0.238 e. The molecule has 6 heteroatoms. The monoisotopic (exact) mass is 415 g/mol. The van der Waals surface area contributed by atoms with Crippen LogP contribution in [0.4, 0.5) is 11.4 Å². The van der Waals surface area contributed by atoms with Crippen molar-refractivity contribution >= 4 is 39.2 Å². The molecule has 3 aromatic carbocycles. The summed E-state index contributed by atoms with van der Waals surface area (Å²) in [6.45, 7) is 3.88. The van der Waals surface area contributed by atoms with E-state index in [0.717, 1.165) is 59.6 Å². The van der Waals surface area contributed by atoms with E-state index in [-0.39, 0.29) is 5.91 Å². The molecule has 0 saturated carbocycles. The third-order valence-corrected chi connectivity index (χ3v) is 5.84. The van der Waals surface area contributed by atoms with Crippen LogP contribution in [0.2, 0.25) is 0 Å². The van der Waals surface area contributed by atoms with Gasteiger partial charge < -0.3 is 19.4 Å². The lowest BCUT2D eigenvalue weighted by Gasteiger charge is -2.35. The lowest BCUT2D eigenvalue weighted by molar-refractivity contribution is -0.117. The number of piperazine rings is 1. The highest BCUT2D eigenvalue weighted by Crippen LogP contribution is 2.30. The summed E-state index contributed by atoms with van der Waals surface area (Å²) in [6.07, 6.45) is 0. The van der Waals surface area contributed by atoms with Gasteiger partial charge in [-0.15, -0.1) is 0 Å². The summed E-state index contributed by atoms with van der Waals surface area (Å²) in [4.78, 5) is 17.2. The van der Waals surface area contributed by atoms with Gasteiger partial charge in [0.1, 0.15) is 16.9 Å². The van der Waals surface area contributed by atoms with E-state index >= 15 is 0 Å². The minimum atomic E-state index is 0.00467. The molecule has 1 saturated heterocycles. The fraction of sp³-hybridized carbons (Fsp3) is 0.240. The number of para-hydroxylation sites is 1. The summed E-state index contributed by atoms with van der Waals surface area (Å²) in [5, 5.41) is 5.12. The van der Waals surface area contributed by atoms with Gasteiger partial charge in [0.15, 0.2) is 0 Å². The summed E-state index contributed by atoms with van der Waals surface area (Å²) < 4.78 is 11.1. The lowest BCUT2D eigenvalue weighted by atomic mass is 10.1. The summed E-state index contributed by atoms with van der Waals surface area (Å²) in [6, 6.07) is 21.9. The van der Waals surface area contributed by atoms with Crippen molar-refractivity contribution in [2.24, 2.45) is 0 Å². The van der Waals surface area contributed by atoms with Crippen molar-refractivity contribution in [3.8, 4) is 5.75 Å². The second kappa shape index (κ2) is 8.32. The molecule has 1 N–H and O–H groups in total. The largest absolute Gasteiger partial charge is 0.497 e. The molecule has 0 radical (unpaired) electrons. The van der Waals surface area contributed by atoms with Crippen LogP contribution in [0.25, 0.3) is 21.9 Å². The molecule has 1 aliphatic rings. The van der Waals surface area contributed by atoms with Crippen LogP contribution in [-0.4, -0.2) is 50.6 Å². The van der Waals surface area contributed by atoms with Crippen molar-refractivity contribution in [1.29, 1.82) is 0 Å². The van der Waals surface area contributed by atoms with E-state index in [1.807, 2.05) is 54.6 Å². The number of rotatable bonds is 5. The van der Waals surface area contributed by atoms with Gasteiger partial charge in [-0.3, -0.25) is 9.69 Å². The second-order valence-corrected chi connectivity index (χ2v) is 7.82. The topological polar surface area (TPSA) is 58.0 Å². The van der Waals surface area contributed by atoms with Crippen molar-refractivity contribution < 1.29 is 13.9 Å². The zero-order valence-electron chi connectivity index (χ0n) is 17.5. The molecule has 0 aliphatic carbocycles. The number of furan rings is 1. The highest BCUT2D eigenvalue weighted by molar-refractivity contribution is 6.07.